The van der Waals surface area contributed by atoms with Crippen LogP contribution in [0.3, 0.4) is 0 Å². The monoisotopic (exact) mass is 295 g/mol. The molecule has 0 aromatic heterocycles. The van der Waals surface area contributed by atoms with Crippen LogP contribution in [-0.2, 0) is 14.9 Å². The summed E-state index contributed by atoms with van der Waals surface area (Å²) in [6, 6.07) is 4.73. The van der Waals surface area contributed by atoms with E-state index in [4.69, 9.17) is 4.55 Å². The molecule has 0 aliphatic rings. The van der Waals surface area contributed by atoms with Crippen molar-refractivity contribution in [2.24, 2.45) is 0 Å². The zero-order valence-electron chi connectivity index (χ0n) is 9.23. The standard InChI is InChI=1S/C10H8F3NO4S/c11-6(10(12)13)5-9(15)14-7-3-1-2-4-8(7)19(16,17)18/h1-4H,5H2,(H,14,15)(H,16,17,18). The summed E-state index contributed by atoms with van der Waals surface area (Å²) >= 11 is 0. The van der Waals surface area contributed by atoms with Gasteiger partial charge in [-0.3, -0.25) is 9.35 Å². The van der Waals surface area contributed by atoms with Gasteiger partial charge in [-0.1, -0.05) is 12.1 Å². The van der Waals surface area contributed by atoms with Gasteiger partial charge in [0.2, 0.25) is 5.91 Å². The van der Waals surface area contributed by atoms with Crippen LogP contribution in [0.25, 0.3) is 0 Å². The van der Waals surface area contributed by atoms with E-state index in [1.54, 1.807) is 0 Å². The summed E-state index contributed by atoms with van der Waals surface area (Å²) in [5.41, 5.74) is -0.331. The van der Waals surface area contributed by atoms with E-state index in [0.717, 1.165) is 12.1 Å². The van der Waals surface area contributed by atoms with E-state index in [1.807, 2.05) is 5.32 Å². The highest BCUT2D eigenvalue weighted by atomic mass is 32.2. The van der Waals surface area contributed by atoms with Crippen molar-refractivity contribution >= 4 is 21.7 Å². The first-order valence-electron chi connectivity index (χ1n) is 4.78. The van der Waals surface area contributed by atoms with E-state index >= 15 is 0 Å². The van der Waals surface area contributed by atoms with Gasteiger partial charge in [0.1, 0.15) is 4.90 Å². The zero-order chi connectivity index (χ0) is 14.6. The first-order valence-corrected chi connectivity index (χ1v) is 6.22. The summed E-state index contributed by atoms with van der Waals surface area (Å²) in [6.07, 6.45) is -3.86. The second kappa shape index (κ2) is 5.85. The van der Waals surface area contributed by atoms with Crippen molar-refractivity contribution in [2.75, 3.05) is 5.32 Å². The number of rotatable bonds is 4. The molecule has 0 fully saturated rings. The summed E-state index contributed by atoms with van der Waals surface area (Å²) in [4.78, 5) is 10.6. The van der Waals surface area contributed by atoms with Crippen LogP contribution in [-0.4, -0.2) is 18.9 Å². The van der Waals surface area contributed by atoms with E-state index in [1.165, 1.54) is 12.1 Å². The topological polar surface area (TPSA) is 83.5 Å². The quantitative estimate of drug-likeness (QED) is 0.835. The minimum atomic E-state index is -4.59. The molecule has 0 aliphatic carbocycles. The number of hydrogen-bond donors (Lipinski definition) is 2. The molecule has 1 aromatic rings. The van der Waals surface area contributed by atoms with Gasteiger partial charge < -0.3 is 5.32 Å². The largest absolute Gasteiger partial charge is 0.324 e. The Labute approximate surface area is 106 Å². The van der Waals surface area contributed by atoms with Crippen LogP contribution >= 0.6 is 0 Å². The number of benzene rings is 1. The molecule has 1 rings (SSSR count). The number of anilines is 1. The molecular weight excluding hydrogens is 287 g/mol. The van der Waals surface area contributed by atoms with Gasteiger partial charge >= 0.3 is 6.08 Å². The number of para-hydroxylation sites is 1. The van der Waals surface area contributed by atoms with Crippen LogP contribution in [0.1, 0.15) is 6.42 Å². The third-order valence-electron chi connectivity index (χ3n) is 1.96. The molecule has 0 unspecified atom stereocenters. The minimum Gasteiger partial charge on any atom is -0.324 e. The van der Waals surface area contributed by atoms with Crippen LogP contribution in [0.4, 0.5) is 18.9 Å². The lowest BCUT2D eigenvalue weighted by Crippen LogP contribution is -2.14. The molecular formula is C10H8F3NO4S. The minimum absolute atomic E-state index is 0.331. The van der Waals surface area contributed by atoms with Gasteiger partial charge in [-0.15, -0.1) is 0 Å². The number of hydrogen-bond acceptors (Lipinski definition) is 3. The zero-order valence-corrected chi connectivity index (χ0v) is 10.0. The Morgan fingerprint density at radius 3 is 2.32 bits per heavy atom. The second-order valence-electron chi connectivity index (χ2n) is 3.36. The van der Waals surface area contributed by atoms with Crippen LogP contribution in [0.2, 0.25) is 0 Å². The van der Waals surface area contributed by atoms with E-state index < -0.39 is 39.2 Å². The smallest absolute Gasteiger partial charge is 0.302 e. The molecule has 0 bridgehead atoms. The summed E-state index contributed by atoms with van der Waals surface area (Å²) < 4.78 is 66.9. The molecule has 5 nitrogen and oxygen atoms in total. The molecule has 0 saturated heterocycles. The summed E-state index contributed by atoms with van der Waals surface area (Å²) in [5, 5.41) is 1.92. The number of nitrogens with one attached hydrogen (secondary N) is 1. The van der Waals surface area contributed by atoms with Crippen molar-refractivity contribution in [3.8, 4) is 0 Å². The van der Waals surface area contributed by atoms with Gasteiger partial charge in [0.05, 0.1) is 12.1 Å². The van der Waals surface area contributed by atoms with E-state index in [9.17, 15) is 26.4 Å². The Balaban J connectivity index is 2.96. The highest BCUT2D eigenvalue weighted by molar-refractivity contribution is 7.86. The molecule has 2 N–H and O–H groups in total. The van der Waals surface area contributed by atoms with E-state index in [0.29, 0.717) is 0 Å². The molecule has 1 amide bonds. The van der Waals surface area contributed by atoms with Crippen molar-refractivity contribution in [3.05, 3.63) is 36.2 Å². The second-order valence-corrected chi connectivity index (χ2v) is 4.75. The Kier molecular flexibility index (Phi) is 4.67. The predicted octanol–water partition coefficient (Wildman–Crippen LogP) is 2.34. The average Bonchev–Trinajstić information content (AvgIpc) is 2.27. The lowest BCUT2D eigenvalue weighted by Gasteiger charge is -2.08. The SMILES string of the molecule is O=C(CC(F)=C(F)F)Nc1ccccc1S(=O)(=O)O. The Morgan fingerprint density at radius 2 is 1.79 bits per heavy atom. The number of amides is 1. The van der Waals surface area contributed by atoms with Gasteiger partial charge in [-0.2, -0.15) is 17.2 Å². The maximum absolute atomic E-state index is 12.5. The van der Waals surface area contributed by atoms with Gasteiger partial charge in [0, 0.05) is 0 Å². The molecule has 1 aromatic carbocycles. The maximum Gasteiger partial charge on any atom is 0.302 e. The molecule has 0 saturated carbocycles. The molecule has 9 heteroatoms. The highest BCUT2D eigenvalue weighted by Gasteiger charge is 2.18. The lowest BCUT2D eigenvalue weighted by molar-refractivity contribution is -0.115. The van der Waals surface area contributed by atoms with Crippen molar-refractivity contribution in [1.82, 2.24) is 0 Å². The van der Waals surface area contributed by atoms with Gasteiger partial charge in [0.15, 0.2) is 5.83 Å². The Morgan fingerprint density at radius 1 is 1.21 bits per heavy atom. The van der Waals surface area contributed by atoms with E-state index in [2.05, 4.69) is 0 Å². The van der Waals surface area contributed by atoms with Crippen molar-refractivity contribution < 1.29 is 30.9 Å². The molecule has 19 heavy (non-hydrogen) atoms. The van der Waals surface area contributed by atoms with Crippen LogP contribution in [0, 0.1) is 0 Å². The summed E-state index contributed by atoms with van der Waals surface area (Å²) in [5.74, 6) is -3.09. The van der Waals surface area contributed by atoms with Gasteiger partial charge in [-0.05, 0) is 12.1 Å². The maximum atomic E-state index is 12.5. The highest BCUT2D eigenvalue weighted by Crippen LogP contribution is 2.21. The third kappa shape index (κ3) is 4.38. The molecule has 0 spiro atoms. The molecule has 0 aliphatic heterocycles. The number of carbonyl (C=O) groups is 1. The fraction of sp³-hybridized carbons (Fsp3) is 0.100. The number of carbonyl (C=O) groups excluding carboxylic acids is 1. The Hall–Kier alpha value is -1.87. The number of halogens is 3. The first-order chi connectivity index (χ1) is 8.71. The normalized spacial score (nSPS) is 10.9. The lowest BCUT2D eigenvalue weighted by atomic mass is 10.3. The Bertz CT molecular complexity index is 623. The third-order valence-corrected chi connectivity index (χ3v) is 2.87. The van der Waals surface area contributed by atoms with Crippen molar-refractivity contribution in [1.29, 1.82) is 0 Å². The molecule has 0 atom stereocenters. The molecule has 104 valence electrons. The summed E-state index contributed by atoms with van der Waals surface area (Å²) in [7, 11) is -4.59. The fourth-order valence-electron chi connectivity index (χ4n) is 1.20. The predicted molar refractivity (Wildman–Crippen MR) is 59.9 cm³/mol. The van der Waals surface area contributed by atoms with Crippen LogP contribution < -0.4 is 5.32 Å². The first kappa shape index (κ1) is 15.2. The molecule has 0 radical (unpaired) electrons. The molecule has 0 heterocycles. The van der Waals surface area contributed by atoms with Gasteiger partial charge in [-0.25, -0.2) is 4.39 Å². The summed E-state index contributed by atoms with van der Waals surface area (Å²) in [6.45, 7) is 0. The van der Waals surface area contributed by atoms with Crippen LogP contribution in [0.15, 0.2) is 41.1 Å². The van der Waals surface area contributed by atoms with Crippen LogP contribution in [0.5, 0.6) is 0 Å². The van der Waals surface area contributed by atoms with Crippen molar-refractivity contribution in [3.63, 3.8) is 0 Å². The fourth-order valence-corrected chi connectivity index (χ4v) is 1.84. The van der Waals surface area contributed by atoms with E-state index in [-0.39, 0.29) is 5.69 Å². The van der Waals surface area contributed by atoms with Crippen molar-refractivity contribution in [2.45, 2.75) is 11.3 Å². The average molecular weight is 295 g/mol. The van der Waals surface area contributed by atoms with Gasteiger partial charge in [0.25, 0.3) is 10.1 Å².